The number of ether oxygens (including phenoxy) is 2. The minimum absolute atomic E-state index is 0.0703. The zero-order chi connectivity index (χ0) is 18.4. The molecule has 2 aromatic carbocycles. The molecule has 0 saturated heterocycles. The standard InChI is InChI=1S/C18H17F2NO4/c1-11-7-12(2)9-14(8-11)21-16(22)10-24-17(23)13-3-5-15(6-4-13)25-18(19)20/h3-9,18H,10H2,1-2H3,(H,21,22). The summed E-state index contributed by atoms with van der Waals surface area (Å²) in [6.07, 6.45) is 0. The summed E-state index contributed by atoms with van der Waals surface area (Å²) in [4.78, 5) is 23.7. The summed E-state index contributed by atoms with van der Waals surface area (Å²) < 4.78 is 33.2. The summed E-state index contributed by atoms with van der Waals surface area (Å²) in [7, 11) is 0. The van der Waals surface area contributed by atoms with Crippen LogP contribution in [0.1, 0.15) is 21.5 Å². The first-order chi connectivity index (χ1) is 11.8. The molecule has 0 aliphatic heterocycles. The molecule has 1 amide bonds. The maximum Gasteiger partial charge on any atom is 0.387 e. The average molecular weight is 349 g/mol. The Morgan fingerprint density at radius 2 is 1.64 bits per heavy atom. The second-order valence-corrected chi connectivity index (χ2v) is 5.40. The number of benzene rings is 2. The number of anilines is 1. The number of aryl methyl sites for hydroxylation is 2. The van der Waals surface area contributed by atoms with E-state index in [1.54, 1.807) is 12.1 Å². The van der Waals surface area contributed by atoms with Crippen LogP contribution < -0.4 is 10.1 Å². The van der Waals surface area contributed by atoms with Crippen LogP contribution in [0.5, 0.6) is 5.75 Å². The molecule has 0 bridgehead atoms. The molecule has 0 fully saturated rings. The monoisotopic (exact) mass is 349 g/mol. The van der Waals surface area contributed by atoms with Gasteiger partial charge in [0, 0.05) is 5.69 Å². The van der Waals surface area contributed by atoms with E-state index in [2.05, 4.69) is 10.1 Å². The molecule has 0 atom stereocenters. The number of rotatable bonds is 6. The van der Waals surface area contributed by atoms with Gasteiger partial charge in [0.15, 0.2) is 6.61 Å². The topological polar surface area (TPSA) is 64.6 Å². The molecular formula is C18H17F2NO4. The van der Waals surface area contributed by atoms with Gasteiger partial charge < -0.3 is 14.8 Å². The molecule has 25 heavy (non-hydrogen) atoms. The van der Waals surface area contributed by atoms with E-state index in [4.69, 9.17) is 4.74 Å². The lowest BCUT2D eigenvalue weighted by molar-refractivity contribution is -0.119. The fourth-order valence-corrected chi connectivity index (χ4v) is 2.23. The lowest BCUT2D eigenvalue weighted by atomic mass is 10.1. The Morgan fingerprint density at radius 1 is 1.04 bits per heavy atom. The summed E-state index contributed by atoms with van der Waals surface area (Å²) in [5, 5.41) is 2.64. The number of carbonyl (C=O) groups excluding carboxylic acids is 2. The van der Waals surface area contributed by atoms with Crippen LogP contribution in [0, 0.1) is 13.8 Å². The SMILES string of the molecule is Cc1cc(C)cc(NC(=O)COC(=O)c2ccc(OC(F)F)cc2)c1. The highest BCUT2D eigenvalue weighted by atomic mass is 19.3. The summed E-state index contributed by atoms with van der Waals surface area (Å²) in [6, 6.07) is 10.6. The van der Waals surface area contributed by atoms with E-state index in [1.807, 2.05) is 19.9 Å². The second kappa shape index (κ2) is 8.23. The molecule has 0 aromatic heterocycles. The van der Waals surface area contributed by atoms with Crippen molar-refractivity contribution in [2.45, 2.75) is 20.5 Å². The van der Waals surface area contributed by atoms with Gasteiger partial charge in [0.25, 0.3) is 5.91 Å². The van der Waals surface area contributed by atoms with Gasteiger partial charge in [-0.1, -0.05) is 6.07 Å². The minimum Gasteiger partial charge on any atom is -0.452 e. The van der Waals surface area contributed by atoms with Gasteiger partial charge in [-0.05, 0) is 61.4 Å². The predicted octanol–water partition coefficient (Wildman–Crippen LogP) is 3.70. The van der Waals surface area contributed by atoms with Crippen molar-refractivity contribution >= 4 is 17.6 Å². The Hall–Kier alpha value is -2.96. The third kappa shape index (κ3) is 5.87. The first-order valence-corrected chi connectivity index (χ1v) is 7.43. The summed E-state index contributed by atoms with van der Waals surface area (Å²) in [5.41, 5.74) is 2.74. The molecule has 0 spiro atoms. The number of amides is 1. The molecule has 5 nitrogen and oxygen atoms in total. The van der Waals surface area contributed by atoms with Crippen LogP contribution in [0.2, 0.25) is 0 Å². The van der Waals surface area contributed by atoms with Crippen molar-refractivity contribution in [1.82, 2.24) is 0 Å². The molecular weight excluding hydrogens is 332 g/mol. The fourth-order valence-electron chi connectivity index (χ4n) is 2.23. The van der Waals surface area contributed by atoms with E-state index < -0.39 is 25.1 Å². The molecule has 2 aromatic rings. The Kier molecular flexibility index (Phi) is 6.05. The molecule has 0 radical (unpaired) electrons. The Balaban J connectivity index is 1.87. The molecule has 0 saturated carbocycles. The maximum atomic E-state index is 12.1. The van der Waals surface area contributed by atoms with E-state index in [0.29, 0.717) is 5.69 Å². The number of esters is 1. The van der Waals surface area contributed by atoms with Crippen LogP contribution in [0.3, 0.4) is 0 Å². The minimum atomic E-state index is -2.94. The molecule has 132 valence electrons. The van der Waals surface area contributed by atoms with Gasteiger partial charge in [-0.2, -0.15) is 8.78 Å². The van der Waals surface area contributed by atoms with Gasteiger partial charge in [-0.15, -0.1) is 0 Å². The van der Waals surface area contributed by atoms with Gasteiger partial charge >= 0.3 is 12.6 Å². The quantitative estimate of drug-likeness (QED) is 0.808. The van der Waals surface area contributed by atoms with Gasteiger partial charge in [0.2, 0.25) is 0 Å². The average Bonchev–Trinajstić information content (AvgIpc) is 2.51. The van der Waals surface area contributed by atoms with Crippen LogP contribution in [-0.2, 0) is 9.53 Å². The number of hydrogen-bond donors (Lipinski definition) is 1. The van der Waals surface area contributed by atoms with Crippen LogP contribution in [0.15, 0.2) is 42.5 Å². The van der Waals surface area contributed by atoms with E-state index in [1.165, 1.54) is 24.3 Å². The Labute approximate surface area is 143 Å². The maximum absolute atomic E-state index is 12.1. The van der Waals surface area contributed by atoms with Crippen LogP contribution in [0.25, 0.3) is 0 Å². The molecule has 7 heteroatoms. The van der Waals surface area contributed by atoms with Crippen LogP contribution in [0.4, 0.5) is 14.5 Å². The third-order valence-corrected chi connectivity index (χ3v) is 3.15. The van der Waals surface area contributed by atoms with E-state index in [0.717, 1.165) is 11.1 Å². The van der Waals surface area contributed by atoms with Crippen molar-refractivity contribution in [1.29, 1.82) is 0 Å². The van der Waals surface area contributed by atoms with Gasteiger partial charge in [0.1, 0.15) is 5.75 Å². The molecule has 0 aliphatic carbocycles. The molecule has 0 heterocycles. The molecule has 0 unspecified atom stereocenters. The lowest BCUT2D eigenvalue weighted by Crippen LogP contribution is -2.21. The fraction of sp³-hybridized carbons (Fsp3) is 0.222. The summed E-state index contributed by atoms with van der Waals surface area (Å²) in [6.45, 7) is 0.418. The largest absolute Gasteiger partial charge is 0.452 e. The first-order valence-electron chi connectivity index (χ1n) is 7.43. The van der Waals surface area contributed by atoms with Crippen molar-refractivity contribution in [3.8, 4) is 5.75 Å². The number of halogens is 2. The Bertz CT molecular complexity index is 740. The van der Waals surface area contributed by atoms with Gasteiger partial charge in [0.05, 0.1) is 5.56 Å². The summed E-state index contributed by atoms with van der Waals surface area (Å²) in [5.74, 6) is -1.28. The van der Waals surface area contributed by atoms with Crippen molar-refractivity contribution in [2.75, 3.05) is 11.9 Å². The highest BCUT2D eigenvalue weighted by Crippen LogP contribution is 2.16. The molecule has 2 rings (SSSR count). The normalized spacial score (nSPS) is 10.4. The lowest BCUT2D eigenvalue weighted by Gasteiger charge is -2.09. The van der Waals surface area contributed by atoms with Crippen LogP contribution >= 0.6 is 0 Å². The smallest absolute Gasteiger partial charge is 0.387 e. The highest BCUT2D eigenvalue weighted by Gasteiger charge is 2.12. The van der Waals surface area contributed by atoms with E-state index in [-0.39, 0.29) is 11.3 Å². The first kappa shape index (κ1) is 18.4. The number of carbonyl (C=O) groups is 2. The zero-order valence-electron chi connectivity index (χ0n) is 13.7. The second-order valence-electron chi connectivity index (χ2n) is 5.40. The van der Waals surface area contributed by atoms with Crippen molar-refractivity contribution in [3.63, 3.8) is 0 Å². The molecule has 0 aliphatic rings. The van der Waals surface area contributed by atoms with Crippen molar-refractivity contribution in [2.24, 2.45) is 0 Å². The zero-order valence-corrected chi connectivity index (χ0v) is 13.7. The van der Waals surface area contributed by atoms with E-state index in [9.17, 15) is 18.4 Å². The Morgan fingerprint density at radius 3 is 2.20 bits per heavy atom. The van der Waals surface area contributed by atoms with Crippen molar-refractivity contribution < 1.29 is 27.8 Å². The third-order valence-electron chi connectivity index (χ3n) is 3.15. The predicted molar refractivity (Wildman–Crippen MR) is 87.9 cm³/mol. The number of alkyl halides is 2. The van der Waals surface area contributed by atoms with Gasteiger partial charge in [-0.3, -0.25) is 4.79 Å². The highest BCUT2D eigenvalue weighted by molar-refractivity contribution is 5.95. The molecule has 1 N–H and O–H groups in total. The van der Waals surface area contributed by atoms with E-state index >= 15 is 0 Å². The summed E-state index contributed by atoms with van der Waals surface area (Å²) >= 11 is 0. The van der Waals surface area contributed by atoms with Crippen molar-refractivity contribution in [3.05, 3.63) is 59.2 Å². The number of hydrogen-bond acceptors (Lipinski definition) is 4. The number of nitrogens with one attached hydrogen (secondary N) is 1. The van der Waals surface area contributed by atoms with Gasteiger partial charge in [-0.25, -0.2) is 4.79 Å². The van der Waals surface area contributed by atoms with Crippen LogP contribution in [-0.4, -0.2) is 25.1 Å².